The molecule has 0 fully saturated rings. The molecular weight excluding hydrogens is 859 g/mol. The van der Waals surface area contributed by atoms with Crippen molar-refractivity contribution in [3.63, 3.8) is 0 Å². The molecule has 0 N–H and O–H groups in total. The number of hydrogen-bond donors (Lipinski definition) is 0. The van der Waals surface area contributed by atoms with Crippen molar-refractivity contribution in [3.05, 3.63) is 266 Å². The molecule has 10 aromatic rings. The molecule has 0 bridgehead atoms. The maximum atomic E-state index is 5.43. The molecule has 2 heterocycles. The zero-order valence-electron chi connectivity index (χ0n) is 40.9. The Balaban J connectivity index is 1.28. The Morgan fingerprint density at radius 3 is 1.56 bits per heavy atom. The molecule has 0 radical (unpaired) electrons. The Labute approximate surface area is 418 Å². The van der Waals surface area contributed by atoms with Gasteiger partial charge in [0.2, 0.25) is 0 Å². The predicted octanol–water partition coefficient (Wildman–Crippen LogP) is 18.1. The molecule has 11 rings (SSSR count). The van der Waals surface area contributed by atoms with Crippen LogP contribution in [0.2, 0.25) is 0 Å². The van der Waals surface area contributed by atoms with Gasteiger partial charge < -0.3 is 4.57 Å². The highest BCUT2D eigenvalue weighted by Crippen LogP contribution is 2.50. The van der Waals surface area contributed by atoms with Crippen LogP contribution in [-0.2, 0) is 5.41 Å². The third kappa shape index (κ3) is 9.04. The van der Waals surface area contributed by atoms with Crippen LogP contribution in [0.4, 0.5) is 0 Å². The summed E-state index contributed by atoms with van der Waals surface area (Å²) in [6.07, 6.45) is 14.8. The number of benzene rings is 8. The first kappa shape index (κ1) is 45.1. The molecule has 3 nitrogen and oxygen atoms in total. The summed E-state index contributed by atoms with van der Waals surface area (Å²) in [4.78, 5) is 10.6. The fraction of sp³-hybridized carbons (Fsp3) is 0.118. The summed E-state index contributed by atoms with van der Waals surface area (Å²) in [5.74, 6) is 0.706. The number of hydrogen-bond acceptors (Lipinski definition) is 2. The van der Waals surface area contributed by atoms with Crippen molar-refractivity contribution in [1.82, 2.24) is 14.5 Å². The van der Waals surface area contributed by atoms with Gasteiger partial charge in [0.05, 0.1) is 28.5 Å². The Morgan fingerprint density at radius 2 is 1.01 bits per heavy atom. The smallest absolute Gasteiger partial charge is 0.160 e. The maximum absolute atomic E-state index is 5.43. The van der Waals surface area contributed by atoms with E-state index in [1.165, 1.54) is 66.3 Å². The average molecular weight is 916 g/mol. The number of allylic oxidation sites excluding steroid dienone is 8. The molecule has 2 aromatic heterocycles. The molecule has 0 spiro atoms. The van der Waals surface area contributed by atoms with E-state index in [-0.39, 0.29) is 17.4 Å². The van der Waals surface area contributed by atoms with Crippen molar-refractivity contribution < 1.29 is 0 Å². The van der Waals surface area contributed by atoms with Gasteiger partial charge in [-0.3, -0.25) is 0 Å². The van der Waals surface area contributed by atoms with Crippen molar-refractivity contribution in [3.8, 4) is 56.0 Å². The molecule has 0 saturated heterocycles. The van der Waals surface area contributed by atoms with Crippen molar-refractivity contribution in [2.75, 3.05) is 0 Å². The highest BCUT2D eigenvalue weighted by atomic mass is 15.0. The van der Waals surface area contributed by atoms with Gasteiger partial charge in [-0.05, 0) is 98.3 Å². The van der Waals surface area contributed by atoms with E-state index in [0.29, 0.717) is 5.82 Å². The molecule has 1 aliphatic carbocycles. The lowest BCUT2D eigenvalue weighted by molar-refractivity contribution is 0.560. The van der Waals surface area contributed by atoms with Gasteiger partial charge in [-0.1, -0.05) is 240 Å². The predicted molar refractivity (Wildman–Crippen MR) is 301 cm³/mol. The van der Waals surface area contributed by atoms with E-state index in [0.717, 1.165) is 40.1 Å². The highest BCUT2D eigenvalue weighted by molar-refractivity contribution is 6.16. The van der Waals surface area contributed by atoms with Crippen molar-refractivity contribution in [2.45, 2.75) is 45.6 Å². The lowest BCUT2D eigenvalue weighted by Gasteiger charge is -2.32. The Morgan fingerprint density at radius 1 is 0.521 bits per heavy atom. The van der Waals surface area contributed by atoms with E-state index in [1.54, 1.807) is 0 Å². The second-order valence-electron chi connectivity index (χ2n) is 19.6. The largest absolute Gasteiger partial charge is 0.331 e. The Hall–Kier alpha value is -8.40. The van der Waals surface area contributed by atoms with Crippen LogP contribution in [0, 0.1) is 5.92 Å². The summed E-state index contributed by atoms with van der Waals surface area (Å²) in [6, 6.07) is 76.4. The molecule has 3 heteroatoms. The Kier molecular flexibility index (Phi) is 12.4. The lowest BCUT2D eigenvalue weighted by atomic mass is 9.82. The van der Waals surface area contributed by atoms with E-state index in [2.05, 4.69) is 275 Å². The number of fused-ring (bicyclic) bond motifs is 3. The molecule has 344 valence electrons. The summed E-state index contributed by atoms with van der Waals surface area (Å²) >= 11 is 0. The summed E-state index contributed by atoms with van der Waals surface area (Å²) in [5, 5.41) is 2.47. The standard InChI is InChI=1S/C68H57N3/c1-5-26-54(63-46-62(51-35-20-10-21-36-51)69-67(70-63)53-39-22-11-23-40-53)41-57(49-31-16-8-17-32-49)64(52-37-24-25-38-52)71-65-58(50-33-18-9-19-34-50)42-55(47-27-12-6-13-28-47)43-59(65)60-44-56(48-29-14-7-15-30-48)45-61(66(60)71)68(2,3)4/h6-46,52,64H,5H2,1-4H3/b54-26+,57-41-. The van der Waals surface area contributed by atoms with E-state index in [9.17, 15) is 0 Å². The van der Waals surface area contributed by atoms with Crippen LogP contribution < -0.4 is 0 Å². The third-order valence-electron chi connectivity index (χ3n) is 13.8. The number of nitrogens with zero attached hydrogens (tertiary/aromatic N) is 3. The highest BCUT2D eigenvalue weighted by Gasteiger charge is 2.34. The van der Waals surface area contributed by atoms with Gasteiger partial charge in [-0.15, -0.1) is 0 Å². The van der Waals surface area contributed by atoms with Crippen LogP contribution in [0.3, 0.4) is 0 Å². The Bertz CT molecular complexity index is 3550. The van der Waals surface area contributed by atoms with Gasteiger partial charge in [0.25, 0.3) is 0 Å². The zero-order valence-corrected chi connectivity index (χ0v) is 40.9. The molecule has 0 amide bonds. The minimum atomic E-state index is -0.233. The first-order valence-corrected chi connectivity index (χ1v) is 25.0. The van der Waals surface area contributed by atoms with Gasteiger partial charge in [-0.25, -0.2) is 9.97 Å². The number of rotatable bonds is 12. The summed E-state index contributed by atoms with van der Waals surface area (Å²) in [5.41, 5.74) is 17.9. The van der Waals surface area contributed by atoms with Crippen LogP contribution in [0.5, 0.6) is 0 Å². The third-order valence-corrected chi connectivity index (χ3v) is 13.8. The van der Waals surface area contributed by atoms with Gasteiger partial charge in [0.15, 0.2) is 5.82 Å². The molecule has 0 aliphatic heterocycles. The SMILES string of the molecule is CC/C=C(\C=C(\c1ccccc1)C(C1C=CC=C1)n1c2c(-c3ccccc3)cc(-c3ccccc3)cc2c2cc(-c3ccccc3)cc(C(C)(C)C)c21)c1cc(-c2ccccc2)nc(-c2ccccc2)n1. The second-order valence-corrected chi connectivity index (χ2v) is 19.6. The summed E-state index contributed by atoms with van der Waals surface area (Å²) in [6.45, 7) is 9.33. The van der Waals surface area contributed by atoms with Crippen molar-refractivity contribution >= 4 is 33.0 Å². The molecule has 1 unspecified atom stereocenters. The van der Waals surface area contributed by atoms with Crippen LogP contribution in [0.1, 0.15) is 57.0 Å². The van der Waals surface area contributed by atoms with Crippen LogP contribution >= 0.6 is 0 Å². The van der Waals surface area contributed by atoms with E-state index in [1.807, 2.05) is 6.07 Å². The molecule has 8 aromatic carbocycles. The molecule has 1 aliphatic rings. The quantitative estimate of drug-likeness (QED) is 0.114. The second kappa shape index (κ2) is 19.5. The monoisotopic (exact) mass is 915 g/mol. The van der Waals surface area contributed by atoms with Crippen LogP contribution in [-0.4, -0.2) is 14.5 Å². The van der Waals surface area contributed by atoms with E-state index < -0.39 is 0 Å². The van der Waals surface area contributed by atoms with Crippen LogP contribution in [0.15, 0.2) is 249 Å². The van der Waals surface area contributed by atoms with Gasteiger partial charge >= 0.3 is 0 Å². The average Bonchev–Trinajstić information content (AvgIpc) is 4.08. The summed E-state index contributed by atoms with van der Waals surface area (Å²) < 4.78 is 2.75. The first-order valence-electron chi connectivity index (χ1n) is 25.0. The van der Waals surface area contributed by atoms with Gasteiger partial charge in [0, 0.05) is 33.4 Å². The van der Waals surface area contributed by atoms with Gasteiger partial charge in [0.1, 0.15) is 0 Å². The topological polar surface area (TPSA) is 30.7 Å². The fourth-order valence-corrected chi connectivity index (χ4v) is 10.4. The lowest BCUT2D eigenvalue weighted by Crippen LogP contribution is -2.21. The normalized spacial score (nSPS) is 13.6. The first-order chi connectivity index (χ1) is 34.8. The zero-order chi connectivity index (χ0) is 48.3. The van der Waals surface area contributed by atoms with E-state index in [4.69, 9.17) is 9.97 Å². The van der Waals surface area contributed by atoms with E-state index >= 15 is 0 Å². The molecular formula is C68H57N3. The molecule has 1 atom stereocenters. The minimum Gasteiger partial charge on any atom is -0.331 e. The summed E-state index contributed by atoms with van der Waals surface area (Å²) in [7, 11) is 0. The van der Waals surface area contributed by atoms with Crippen molar-refractivity contribution in [2.24, 2.45) is 5.92 Å². The van der Waals surface area contributed by atoms with Gasteiger partial charge in [-0.2, -0.15) is 0 Å². The number of aromatic nitrogens is 3. The fourth-order valence-electron chi connectivity index (χ4n) is 10.4. The maximum Gasteiger partial charge on any atom is 0.160 e. The molecule has 71 heavy (non-hydrogen) atoms. The molecule has 0 saturated carbocycles. The van der Waals surface area contributed by atoms with Crippen molar-refractivity contribution in [1.29, 1.82) is 0 Å². The minimum absolute atomic E-state index is 0.00679. The van der Waals surface area contributed by atoms with Crippen LogP contribution in [0.25, 0.3) is 89.0 Å².